The van der Waals surface area contributed by atoms with Crippen molar-refractivity contribution in [3.63, 3.8) is 0 Å². The number of unbranched alkanes of at least 4 members (excludes halogenated alkanes) is 24. The zero-order valence-electron chi connectivity index (χ0n) is 40.5. The monoisotopic (exact) mass is 971 g/mol. The van der Waals surface area contributed by atoms with Gasteiger partial charge in [0, 0.05) is 42.7 Å². The zero-order chi connectivity index (χ0) is 48.9. The summed E-state index contributed by atoms with van der Waals surface area (Å²) >= 11 is 0. The van der Waals surface area contributed by atoms with Gasteiger partial charge in [0.2, 0.25) is 0 Å². The second-order valence-electron chi connectivity index (χ2n) is 19.0. The Bertz CT molecular complexity index is 1700. The summed E-state index contributed by atoms with van der Waals surface area (Å²) in [5.41, 5.74) is 5.81. The van der Waals surface area contributed by atoms with Gasteiger partial charge in [-0.2, -0.15) is 39.5 Å². The van der Waals surface area contributed by atoms with E-state index in [0.29, 0.717) is 45.5 Å². The maximum absolute atomic E-state index is 12.4. The van der Waals surface area contributed by atoms with Gasteiger partial charge in [0.15, 0.2) is 0 Å². The molecule has 0 amide bonds. The van der Waals surface area contributed by atoms with Crippen LogP contribution in [0, 0.1) is 0 Å². The fraction of sp³-hybridized carbons (Fsp3) is 0.679. The summed E-state index contributed by atoms with van der Waals surface area (Å²) < 4.78 is 131. The molecule has 12 heteroatoms. The smallest absolute Gasteiger partial charge is 0.389 e. The van der Waals surface area contributed by atoms with Crippen LogP contribution in [0.1, 0.15) is 226 Å². The molecule has 0 bridgehead atoms. The van der Waals surface area contributed by atoms with E-state index in [1.54, 1.807) is 0 Å². The lowest BCUT2D eigenvalue weighted by atomic mass is 9.74. The van der Waals surface area contributed by atoms with Crippen molar-refractivity contribution in [2.24, 2.45) is 0 Å². The minimum atomic E-state index is -4.06. The SMILES string of the molecule is FC(F)(F)CCCCCCCCCCCOc1cccc(C2c3cccc(OCCCCCCCCCCCC(F)(F)F)c3Cc3c(OCCCCCCCCCCCC(F)(F)F)cccc32)c1. The molecular formula is C56H79F9O3. The molecule has 384 valence electrons. The molecule has 0 fully saturated rings. The Kier molecular flexibility index (Phi) is 26.5. The lowest BCUT2D eigenvalue weighted by Gasteiger charge is -2.31. The van der Waals surface area contributed by atoms with Gasteiger partial charge in [-0.15, -0.1) is 0 Å². The van der Waals surface area contributed by atoms with E-state index in [-0.39, 0.29) is 25.2 Å². The van der Waals surface area contributed by atoms with Crippen molar-refractivity contribution in [1.29, 1.82) is 0 Å². The molecule has 3 aromatic carbocycles. The topological polar surface area (TPSA) is 27.7 Å². The van der Waals surface area contributed by atoms with Crippen molar-refractivity contribution < 1.29 is 53.7 Å². The third kappa shape index (κ3) is 24.3. The van der Waals surface area contributed by atoms with Gasteiger partial charge >= 0.3 is 18.5 Å². The highest BCUT2D eigenvalue weighted by Crippen LogP contribution is 2.47. The Morgan fingerprint density at radius 1 is 0.353 bits per heavy atom. The fourth-order valence-electron chi connectivity index (χ4n) is 9.39. The van der Waals surface area contributed by atoms with E-state index in [4.69, 9.17) is 14.2 Å². The standard InChI is InChI=1S/C56H79F9O3/c57-54(58,59)37-22-16-10-4-1-7-13-19-25-40-66-46-32-28-31-45(43-46)53-47-33-29-35-51(67-41-26-20-14-8-2-5-11-17-23-38-55(60,61)62)49(47)44-50-48(53)34-30-36-52(50)68-42-27-21-15-9-3-6-12-18-24-39-56(63,64)65/h28-36,43,53H,1-27,37-42,44H2. The molecule has 0 atom stereocenters. The first-order valence-electron chi connectivity index (χ1n) is 26.1. The number of fused-ring (bicyclic) bond motifs is 2. The highest BCUT2D eigenvalue weighted by molar-refractivity contribution is 5.61. The van der Waals surface area contributed by atoms with Gasteiger partial charge < -0.3 is 14.2 Å². The van der Waals surface area contributed by atoms with Crippen LogP contribution in [-0.4, -0.2) is 38.3 Å². The number of alkyl halides is 9. The van der Waals surface area contributed by atoms with E-state index in [0.717, 1.165) is 169 Å². The molecule has 1 aliphatic carbocycles. The molecule has 68 heavy (non-hydrogen) atoms. The summed E-state index contributed by atoms with van der Waals surface area (Å²) in [7, 11) is 0. The van der Waals surface area contributed by atoms with E-state index in [1.165, 1.54) is 11.1 Å². The van der Waals surface area contributed by atoms with E-state index in [2.05, 4.69) is 54.6 Å². The first kappa shape index (κ1) is 57.0. The average Bonchev–Trinajstić information content (AvgIpc) is 3.28. The quantitative estimate of drug-likeness (QED) is 0.0333. The molecule has 0 saturated heterocycles. The van der Waals surface area contributed by atoms with Crippen LogP contribution in [0.2, 0.25) is 0 Å². The van der Waals surface area contributed by atoms with Gasteiger partial charge in [-0.3, -0.25) is 0 Å². The molecule has 4 rings (SSSR count). The Labute approximate surface area is 401 Å². The molecule has 3 aromatic rings. The van der Waals surface area contributed by atoms with Crippen LogP contribution in [-0.2, 0) is 6.42 Å². The number of rotatable bonds is 37. The third-order valence-corrected chi connectivity index (χ3v) is 13.1. The summed E-state index contributed by atoms with van der Waals surface area (Å²) in [5, 5.41) is 0. The first-order chi connectivity index (χ1) is 32.7. The molecule has 0 N–H and O–H groups in total. The molecule has 1 aliphatic rings. The minimum absolute atomic E-state index is 0.0696. The van der Waals surface area contributed by atoms with Crippen LogP contribution in [0.25, 0.3) is 0 Å². The molecule has 0 aromatic heterocycles. The second kappa shape index (κ2) is 31.6. The van der Waals surface area contributed by atoms with E-state index in [9.17, 15) is 39.5 Å². The largest absolute Gasteiger partial charge is 0.494 e. The lowest BCUT2D eigenvalue weighted by Crippen LogP contribution is -2.18. The summed E-state index contributed by atoms with van der Waals surface area (Å²) in [5.74, 6) is 2.50. The molecule has 0 saturated carbocycles. The van der Waals surface area contributed by atoms with Crippen molar-refractivity contribution in [1.82, 2.24) is 0 Å². The summed E-state index contributed by atoms with van der Waals surface area (Å²) in [6.07, 6.45) is 9.88. The van der Waals surface area contributed by atoms with Gasteiger partial charge in [-0.1, -0.05) is 171 Å². The Morgan fingerprint density at radius 2 is 0.662 bits per heavy atom. The average molecular weight is 971 g/mol. The first-order valence-corrected chi connectivity index (χ1v) is 26.1. The molecule has 0 unspecified atom stereocenters. The van der Waals surface area contributed by atoms with Crippen molar-refractivity contribution in [2.45, 2.75) is 223 Å². The highest BCUT2D eigenvalue weighted by atomic mass is 19.4. The van der Waals surface area contributed by atoms with Crippen molar-refractivity contribution in [3.8, 4) is 17.2 Å². The predicted molar refractivity (Wildman–Crippen MR) is 256 cm³/mol. The summed E-state index contributed by atoms with van der Waals surface area (Å²) in [4.78, 5) is 0. The van der Waals surface area contributed by atoms with E-state index < -0.39 is 37.8 Å². The van der Waals surface area contributed by atoms with E-state index in [1.807, 2.05) is 6.07 Å². The molecule has 0 aliphatic heterocycles. The molecule has 0 spiro atoms. The van der Waals surface area contributed by atoms with Crippen molar-refractivity contribution >= 4 is 0 Å². The van der Waals surface area contributed by atoms with Crippen molar-refractivity contribution in [2.75, 3.05) is 19.8 Å². The van der Waals surface area contributed by atoms with E-state index >= 15 is 0 Å². The van der Waals surface area contributed by atoms with Crippen LogP contribution in [0.15, 0.2) is 60.7 Å². The van der Waals surface area contributed by atoms with Gasteiger partial charge in [-0.25, -0.2) is 0 Å². The van der Waals surface area contributed by atoms with Crippen LogP contribution >= 0.6 is 0 Å². The van der Waals surface area contributed by atoms with Gasteiger partial charge in [0.1, 0.15) is 17.2 Å². The number of hydrogen-bond acceptors (Lipinski definition) is 3. The number of benzene rings is 3. The minimum Gasteiger partial charge on any atom is -0.494 e. The van der Waals surface area contributed by atoms with Gasteiger partial charge in [-0.05, 0) is 79.5 Å². The normalized spacial score (nSPS) is 13.1. The van der Waals surface area contributed by atoms with Crippen LogP contribution in [0.5, 0.6) is 17.2 Å². The van der Waals surface area contributed by atoms with Crippen molar-refractivity contribution in [3.05, 3.63) is 88.5 Å². The molecule has 0 heterocycles. The maximum Gasteiger partial charge on any atom is 0.389 e. The van der Waals surface area contributed by atoms with Crippen LogP contribution in [0.3, 0.4) is 0 Å². The Balaban J connectivity index is 1.31. The third-order valence-electron chi connectivity index (χ3n) is 13.1. The number of ether oxygens (including phenoxy) is 3. The maximum atomic E-state index is 12.4. The Morgan fingerprint density at radius 3 is 1.01 bits per heavy atom. The fourth-order valence-corrected chi connectivity index (χ4v) is 9.39. The zero-order valence-corrected chi connectivity index (χ0v) is 40.5. The highest BCUT2D eigenvalue weighted by Gasteiger charge is 2.32. The molecular weight excluding hydrogens is 892 g/mol. The second-order valence-corrected chi connectivity index (χ2v) is 19.0. The summed E-state index contributed by atoms with van der Waals surface area (Å²) in [6.45, 7) is 1.79. The summed E-state index contributed by atoms with van der Waals surface area (Å²) in [6, 6.07) is 21.0. The van der Waals surface area contributed by atoms with Gasteiger partial charge in [0.25, 0.3) is 0 Å². The Hall–Kier alpha value is -3.57. The van der Waals surface area contributed by atoms with Crippen LogP contribution in [0.4, 0.5) is 39.5 Å². The number of hydrogen-bond donors (Lipinski definition) is 0. The van der Waals surface area contributed by atoms with Crippen LogP contribution < -0.4 is 14.2 Å². The number of halogens is 9. The molecule has 0 radical (unpaired) electrons. The lowest BCUT2D eigenvalue weighted by molar-refractivity contribution is -0.136. The molecule has 3 nitrogen and oxygen atoms in total. The van der Waals surface area contributed by atoms with Gasteiger partial charge in [0.05, 0.1) is 19.8 Å². The predicted octanol–water partition coefficient (Wildman–Crippen LogP) is 19.3.